The van der Waals surface area contributed by atoms with Crippen LogP contribution in [-0.4, -0.2) is 63.9 Å². The van der Waals surface area contributed by atoms with E-state index in [2.05, 4.69) is 45.2 Å². The SMILES string of the molecule is CCOC(OCCI)C(O)CC(O)(OCC)OCCI. The molecule has 20 heavy (non-hydrogen) atoms. The van der Waals surface area contributed by atoms with Crippen LogP contribution in [0.15, 0.2) is 0 Å². The molecule has 0 rings (SSSR count). The van der Waals surface area contributed by atoms with Gasteiger partial charge in [-0.2, -0.15) is 0 Å². The van der Waals surface area contributed by atoms with Crippen molar-refractivity contribution in [3.8, 4) is 0 Å². The van der Waals surface area contributed by atoms with Gasteiger partial charge in [0.1, 0.15) is 6.10 Å². The van der Waals surface area contributed by atoms with Crippen molar-refractivity contribution < 1.29 is 29.2 Å². The minimum absolute atomic E-state index is 0.136. The summed E-state index contributed by atoms with van der Waals surface area (Å²) in [5, 5.41) is 20.4. The molecule has 0 spiro atoms. The molecule has 6 nitrogen and oxygen atoms in total. The monoisotopic (exact) mass is 518 g/mol. The Bertz CT molecular complexity index is 234. The predicted molar refractivity (Wildman–Crippen MR) is 92.3 cm³/mol. The fourth-order valence-corrected chi connectivity index (χ4v) is 2.01. The number of alkyl halides is 2. The summed E-state index contributed by atoms with van der Waals surface area (Å²) in [5.74, 6) is -1.82. The van der Waals surface area contributed by atoms with Gasteiger partial charge in [0.2, 0.25) is 0 Å². The topological polar surface area (TPSA) is 77.4 Å². The standard InChI is InChI=1S/C12H24I2O6/c1-3-17-11(18-7-5-13)10(15)9-12(16,19-4-2)20-8-6-14/h10-11,15-16H,3-9H2,1-2H3. The van der Waals surface area contributed by atoms with Crippen molar-refractivity contribution >= 4 is 45.2 Å². The minimum Gasteiger partial charge on any atom is -0.388 e. The lowest BCUT2D eigenvalue weighted by Crippen LogP contribution is -2.44. The molecule has 0 aromatic rings. The molecule has 0 saturated carbocycles. The largest absolute Gasteiger partial charge is 0.388 e. The van der Waals surface area contributed by atoms with Gasteiger partial charge in [0.05, 0.1) is 19.6 Å². The molecule has 3 unspecified atom stereocenters. The summed E-state index contributed by atoms with van der Waals surface area (Å²) in [6.45, 7) is 5.04. The number of hydrogen-bond donors (Lipinski definition) is 2. The highest BCUT2D eigenvalue weighted by Crippen LogP contribution is 2.20. The second-order valence-corrected chi connectivity index (χ2v) is 6.00. The van der Waals surface area contributed by atoms with E-state index in [9.17, 15) is 10.2 Å². The van der Waals surface area contributed by atoms with E-state index in [4.69, 9.17) is 18.9 Å². The molecule has 0 bridgehead atoms. The van der Waals surface area contributed by atoms with Crippen molar-refractivity contribution in [2.24, 2.45) is 0 Å². The van der Waals surface area contributed by atoms with Crippen LogP contribution in [0.2, 0.25) is 0 Å². The van der Waals surface area contributed by atoms with Gasteiger partial charge in [-0.25, -0.2) is 0 Å². The maximum Gasteiger partial charge on any atom is 0.283 e. The molecule has 8 heteroatoms. The number of aliphatic hydroxyl groups is 2. The molecule has 0 aromatic carbocycles. The summed E-state index contributed by atoms with van der Waals surface area (Å²) < 4.78 is 22.7. The van der Waals surface area contributed by atoms with Crippen LogP contribution in [0.4, 0.5) is 0 Å². The van der Waals surface area contributed by atoms with Crippen LogP contribution >= 0.6 is 45.2 Å². The fraction of sp³-hybridized carbons (Fsp3) is 1.00. The molecular weight excluding hydrogens is 494 g/mol. The molecule has 0 aromatic heterocycles. The summed E-state index contributed by atoms with van der Waals surface area (Å²) in [6.07, 6.45) is -1.97. The third-order valence-electron chi connectivity index (χ3n) is 2.25. The van der Waals surface area contributed by atoms with Crippen molar-refractivity contribution in [1.82, 2.24) is 0 Å². The van der Waals surface area contributed by atoms with Gasteiger partial charge in [0.25, 0.3) is 5.97 Å². The van der Waals surface area contributed by atoms with Crippen LogP contribution in [0.1, 0.15) is 20.3 Å². The lowest BCUT2D eigenvalue weighted by molar-refractivity contribution is -0.372. The van der Waals surface area contributed by atoms with Gasteiger partial charge >= 0.3 is 0 Å². The van der Waals surface area contributed by atoms with Crippen LogP contribution in [-0.2, 0) is 18.9 Å². The Morgan fingerprint density at radius 3 is 2.15 bits per heavy atom. The zero-order valence-corrected chi connectivity index (χ0v) is 16.2. The van der Waals surface area contributed by atoms with Gasteiger partial charge in [0.15, 0.2) is 6.29 Å². The molecule has 122 valence electrons. The van der Waals surface area contributed by atoms with Crippen LogP contribution < -0.4 is 0 Å². The Hall–Kier alpha value is 1.22. The van der Waals surface area contributed by atoms with Gasteiger partial charge in [-0.3, -0.25) is 0 Å². The quantitative estimate of drug-likeness (QED) is 0.220. The second-order valence-electron chi connectivity index (χ2n) is 3.84. The number of hydrogen-bond acceptors (Lipinski definition) is 6. The highest BCUT2D eigenvalue weighted by atomic mass is 127. The maximum absolute atomic E-state index is 10.2. The highest BCUT2D eigenvalue weighted by Gasteiger charge is 2.35. The van der Waals surface area contributed by atoms with E-state index in [0.29, 0.717) is 24.2 Å². The van der Waals surface area contributed by atoms with Crippen LogP contribution in [0.3, 0.4) is 0 Å². The zero-order chi connectivity index (χ0) is 15.4. The summed E-state index contributed by atoms with van der Waals surface area (Å²) in [6, 6.07) is 0. The van der Waals surface area contributed by atoms with E-state index in [1.165, 1.54) is 0 Å². The molecule has 0 aliphatic rings. The number of halogens is 2. The normalized spacial score (nSPS) is 17.7. The number of rotatable bonds is 13. The van der Waals surface area contributed by atoms with Gasteiger partial charge in [-0.15, -0.1) is 0 Å². The second kappa shape index (κ2) is 12.7. The molecule has 0 radical (unpaired) electrons. The van der Waals surface area contributed by atoms with Gasteiger partial charge in [0, 0.05) is 22.1 Å². The molecule has 0 saturated heterocycles. The smallest absolute Gasteiger partial charge is 0.283 e. The Labute approximate surface area is 147 Å². The van der Waals surface area contributed by atoms with Crippen LogP contribution in [0.5, 0.6) is 0 Å². The fourth-order valence-electron chi connectivity index (χ4n) is 1.54. The summed E-state index contributed by atoms with van der Waals surface area (Å²) in [4.78, 5) is 0. The van der Waals surface area contributed by atoms with E-state index in [1.54, 1.807) is 6.92 Å². The highest BCUT2D eigenvalue weighted by molar-refractivity contribution is 14.1. The Morgan fingerprint density at radius 1 is 1.00 bits per heavy atom. The van der Waals surface area contributed by atoms with E-state index in [-0.39, 0.29) is 13.0 Å². The Kier molecular flexibility index (Phi) is 13.5. The molecule has 0 fully saturated rings. The molecule has 0 amide bonds. The molecule has 0 aliphatic carbocycles. The lowest BCUT2D eigenvalue weighted by Gasteiger charge is -2.32. The predicted octanol–water partition coefficient (Wildman–Crippen LogP) is 1.69. The van der Waals surface area contributed by atoms with Crippen molar-refractivity contribution in [1.29, 1.82) is 0 Å². The first-order chi connectivity index (χ1) is 9.52. The van der Waals surface area contributed by atoms with E-state index in [1.807, 2.05) is 6.92 Å². The van der Waals surface area contributed by atoms with Gasteiger partial charge in [-0.1, -0.05) is 45.2 Å². The maximum atomic E-state index is 10.2. The molecule has 3 atom stereocenters. The van der Waals surface area contributed by atoms with E-state index < -0.39 is 18.4 Å². The third-order valence-corrected chi connectivity index (χ3v) is 3.13. The van der Waals surface area contributed by atoms with Crippen molar-refractivity contribution in [3.05, 3.63) is 0 Å². The minimum atomic E-state index is -1.82. The summed E-state index contributed by atoms with van der Waals surface area (Å²) in [7, 11) is 0. The van der Waals surface area contributed by atoms with Gasteiger partial charge in [-0.05, 0) is 13.8 Å². The van der Waals surface area contributed by atoms with Crippen molar-refractivity contribution in [3.63, 3.8) is 0 Å². The number of ether oxygens (including phenoxy) is 4. The first-order valence-corrected chi connectivity index (χ1v) is 9.61. The summed E-state index contributed by atoms with van der Waals surface area (Å²) >= 11 is 4.30. The summed E-state index contributed by atoms with van der Waals surface area (Å²) in [5.41, 5.74) is 0. The van der Waals surface area contributed by atoms with E-state index >= 15 is 0 Å². The zero-order valence-electron chi connectivity index (χ0n) is 11.9. The molecule has 2 N–H and O–H groups in total. The van der Waals surface area contributed by atoms with Gasteiger partial charge < -0.3 is 29.2 Å². The Morgan fingerprint density at radius 2 is 1.65 bits per heavy atom. The first kappa shape index (κ1) is 21.2. The third kappa shape index (κ3) is 9.28. The first-order valence-electron chi connectivity index (χ1n) is 6.56. The molecule has 0 aliphatic heterocycles. The molecular formula is C12H24I2O6. The Balaban J connectivity index is 4.54. The number of aliphatic hydroxyl groups excluding tert-OH is 1. The van der Waals surface area contributed by atoms with E-state index in [0.717, 1.165) is 4.43 Å². The van der Waals surface area contributed by atoms with Crippen LogP contribution in [0, 0.1) is 0 Å². The lowest BCUT2D eigenvalue weighted by atomic mass is 10.2. The average Bonchev–Trinajstić information content (AvgIpc) is 2.41. The average molecular weight is 518 g/mol. The van der Waals surface area contributed by atoms with Crippen LogP contribution in [0.25, 0.3) is 0 Å². The van der Waals surface area contributed by atoms with Crippen molar-refractivity contribution in [2.45, 2.75) is 38.6 Å². The molecule has 0 heterocycles. The van der Waals surface area contributed by atoms with Crippen molar-refractivity contribution in [2.75, 3.05) is 35.3 Å².